The van der Waals surface area contributed by atoms with Gasteiger partial charge >= 0.3 is 0 Å². The Bertz CT molecular complexity index is 1000. The molecule has 1 heterocycles. The molecule has 0 aliphatic rings. The predicted molar refractivity (Wildman–Crippen MR) is 110 cm³/mol. The minimum Gasteiger partial charge on any atom is -0.340 e. The van der Waals surface area contributed by atoms with E-state index < -0.39 is 0 Å². The zero-order valence-corrected chi connectivity index (χ0v) is 15.7. The molecule has 7 nitrogen and oxygen atoms in total. The van der Waals surface area contributed by atoms with Crippen molar-refractivity contribution in [3.8, 4) is 0 Å². The quantitative estimate of drug-likeness (QED) is 0.605. The lowest BCUT2D eigenvalue weighted by Gasteiger charge is -2.11. The van der Waals surface area contributed by atoms with Crippen LogP contribution < -0.4 is 16.0 Å². The van der Waals surface area contributed by atoms with Gasteiger partial charge < -0.3 is 16.0 Å². The fourth-order valence-corrected chi connectivity index (χ4v) is 2.71. The molecular formula is C21H21N5O2. The van der Waals surface area contributed by atoms with E-state index in [1.54, 1.807) is 30.3 Å². The molecule has 142 valence electrons. The lowest BCUT2D eigenvalue weighted by molar-refractivity contribution is -0.114. The second kappa shape index (κ2) is 8.77. The topological polar surface area (TPSA) is 96.0 Å². The average Bonchev–Trinajstić information content (AvgIpc) is 2.68. The zero-order valence-electron chi connectivity index (χ0n) is 15.7. The number of nitrogens with zero attached hydrogens (tertiary/aromatic N) is 2. The van der Waals surface area contributed by atoms with Gasteiger partial charge in [-0.25, -0.2) is 9.97 Å². The van der Waals surface area contributed by atoms with E-state index in [1.165, 1.54) is 13.3 Å². The SMILES string of the molecule is CCc1ccccc1Nc1cc(C(=O)Nc2cccc(NC(C)=O)c2)ncn1. The first-order chi connectivity index (χ1) is 13.5. The fraction of sp³-hybridized carbons (Fsp3) is 0.143. The second-order valence-corrected chi connectivity index (χ2v) is 6.14. The van der Waals surface area contributed by atoms with Crippen LogP contribution in [-0.2, 0) is 11.2 Å². The van der Waals surface area contributed by atoms with Gasteiger partial charge in [0, 0.05) is 30.1 Å². The molecular weight excluding hydrogens is 354 g/mol. The fourth-order valence-electron chi connectivity index (χ4n) is 2.71. The van der Waals surface area contributed by atoms with E-state index in [9.17, 15) is 9.59 Å². The van der Waals surface area contributed by atoms with Crippen molar-refractivity contribution in [2.75, 3.05) is 16.0 Å². The molecule has 0 aliphatic heterocycles. The Kier molecular flexibility index (Phi) is 5.96. The first-order valence-electron chi connectivity index (χ1n) is 8.91. The molecule has 3 aromatic rings. The van der Waals surface area contributed by atoms with Crippen molar-refractivity contribution in [1.82, 2.24) is 9.97 Å². The largest absolute Gasteiger partial charge is 0.340 e. The summed E-state index contributed by atoms with van der Waals surface area (Å²) >= 11 is 0. The molecule has 7 heteroatoms. The Morgan fingerprint density at radius 3 is 2.43 bits per heavy atom. The number of aryl methyl sites for hydroxylation is 1. The Morgan fingerprint density at radius 2 is 1.68 bits per heavy atom. The van der Waals surface area contributed by atoms with Crippen LogP contribution in [0.5, 0.6) is 0 Å². The molecule has 0 spiro atoms. The number of carbonyl (C=O) groups excluding carboxylic acids is 2. The van der Waals surface area contributed by atoms with Crippen LogP contribution in [0.15, 0.2) is 60.9 Å². The van der Waals surface area contributed by atoms with Crippen molar-refractivity contribution in [2.24, 2.45) is 0 Å². The van der Waals surface area contributed by atoms with Crippen molar-refractivity contribution < 1.29 is 9.59 Å². The van der Waals surface area contributed by atoms with Gasteiger partial charge in [-0.3, -0.25) is 9.59 Å². The van der Waals surface area contributed by atoms with Gasteiger partial charge in [0.25, 0.3) is 5.91 Å². The monoisotopic (exact) mass is 375 g/mol. The van der Waals surface area contributed by atoms with Crippen molar-refractivity contribution >= 4 is 34.7 Å². The van der Waals surface area contributed by atoms with Crippen LogP contribution in [0.2, 0.25) is 0 Å². The molecule has 3 N–H and O–H groups in total. The highest BCUT2D eigenvalue weighted by atomic mass is 16.2. The van der Waals surface area contributed by atoms with E-state index in [-0.39, 0.29) is 17.5 Å². The van der Waals surface area contributed by atoms with Crippen molar-refractivity contribution in [3.05, 3.63) is 72.2 Å². The van der Waals surface area contributed by atoms with E-state index in [1.807, 2.05) is 24.3 Å². The van der Waals surface area contributed by atoms with Gasteiger partial charge in [-0.05, 0) is 36.2 Å². The number of nitrogens with one attached hydrogen (secondary N) is 3. The summed E-state index contributed by atoms with van der Waals surface area (Å²) in [6.45, 7) is 3.51. The maximum Gasteiger partial charge on any atom is 0.274 e. The highest BCUT2D eigenvalue weighted by Crippen LogP contribution is 2.21. The summed E-state index contributed by atoms with van der Waals surface area (Å²) < 4.78 is 0. The normalized spacial score (nSPS) is 10.2. The van der Waals surface area contributed by atoms with Gasteiger partial charge in [0.2, 0.25) is 5.91 Å². The lowest BCUT2D eigenvalue weighted by Crippen LogP contribution is -2.15. The third kappa shape index (κ3) is 4.91. The van der Waals surface area contributed by atoms with Crippen molar-refractivity contribution in [3.63, 3.8) is 0 Å². The Hall–Kier alpha value is -3.74. The molecule has 0 unspecified atom stereocenters. The number of para-hydroxylation sites is 1. The van der Waals surface area contributed by atoms with Gasteiger partial charge in [0.1, 0.15) is 17.8 Å². The smallest absolute Gasteiger partial charge is 0.274 e. The molecule has 0 aliphatic carbocycles. The van der Waals surface area contributed by atoms with Gasteiger partial charge in [-0.15, -0.1) is 0 Å². The third-order valence-corrected chi connectivity index (χ3v) is 4.00. The maximum absolute atomic E-state index is 12.6. The summed E-state index contributed by atoms with van der Waals surface area (Å²) in [4.78, 5) is 32.0. The van der Waals surface area contributed by atoms with E-state index in [4.69, 9.17) is 0 Å². The van der Waals surface area contributed by atoms with Crippen LogP contribution in [0.1, 0.15) is 29.9 Å². The number of hydrogen-bond acceptors (Lipinski definition) is 5. The predicted octanol–water partition coefficient (Wildman–Crippen LogP) is 3.99. The van der Waals surface area contributed by atoms with Gasteiger partial charge in [-0.2, -0.15) is 0 Å². The number of aromatic nitrogens is 2. The minimum absolute atomic E-state index is 0.178. The average molecular weight is 375 g/mol. The van der Waals surface area contributed by atoms with Crippen LogP contribution in [0, 0.1) is 0 Å². The van der Waals surface area contributed by atoms with Crippen LogP contribution in [0.3, 0.4) is 0 Å². The summed E-state index contributed by atoms with van der Waals surface area (Å²) in [5, 5.41) is 8.69. The molecule has 3 rings (SSSR count). The maximum atomic E-state index is 12.6. The number of amides is 2. The van der Waals surface area contributed by atoms with Crippen LogP contribution >= 0.6 is 0 Å². The minimum atomic E-state index is -0.366. The highest BCUT2D eigenvalue weighted by Gasteiger charge is 2.11. The Morgan fingerprint density at radius 1 is 0.929 bits per heavy atom. The van der Waals surface area contributed by atoms with E-state index in [0.717, 1.165) is 17.7 Å². The molecule has 0 saturated heterocycles. The molecule has 28 heavy (non-hydrogen) atoms. The molecule has 0 fully saturated rings. The third-order valence-electron chi connectivity index (χ3n) is 4.00. The van der Waals surface area contributed by atoms with Crippen molar-refractivity contribution in [1.29, 1.82) is 0 Å². The Labute approximate surface area is 163 Å². The summed E-state index contributed by atoms with van der Waals surface area (Å²) in [5.74, 6) is -0.00963. The van der Waals surface area contributed by atoms with E-state index in [0.29, 0.717) is 17.2 Å². The molecule has 0 radical (unpaired) electrons. The van der Waals surface area contributed by atoms with Gasteiger partial charge in [-0.1, -0.05) is 31.2 Å². The van der Waals surface area contributed by atoms with Crippen LogP contribution in [0.4, 0.5) is 22.9 Å². The number of hydrogen-bond donors (Lipinski definition) is 3. The van der Waals surface area contributed by atoms with Crippen LogP contribution in [-0.4, -0.2) is 21.8 Å². The lowest BCUT2D eigenvalue weighted by atomic mass is 10.1. The molecule has 1 aromatic heterocycles. The first kappa shape index (κ1) is 19.0. The summed E-state index contributed by atoms with van der Waals surface area (Å²) in [6, 6.07) is 16.4. The zero-order chi connectivity index (χ0) is 19.9. The number of benzene rings is 2. The molecule has 2 aromatic carbocycles. The summed E-state index contributed by atoms with van der Waals surface area (Å²) in [5.41, 5.74) is 3.49. The summed E-state index contributed by atoms with van der Waals surface area (Å²) in [6.07, 6.45) is 2.23. The molecule has 0 atom stereocenters. The van der Waals surface area contributed by atoms with Crippen molar-refractivity contribution in [2.45, 2.75) is 20.3 Å². The number of carbonyl (C=O) groups is 2. The molecule has 0 saturated carbocycles. The highest BCUT2D eigenvalue weighted by molar-refractivity contribution is 6.03. The van der Waals surface area contributed by atoms with E-state index in [2.05, 4.69) is 32.8 Å². The van der Waals surface area contributed by atoms with Gasteiger partial charge in [0.05, 0.1) is 0 Å². The van der Waals surface area contributed by atoms with E-state index >= 15 is 0 Å². The second-order valence-electron chi connectivity index (χ2n) is 6.14. The number of rotatable bonds is 6. The first-order valence-corrected chi connectivity index (χ1v) is 8.91. The van der Waals surface area contributed by atoms with Gasteiger partial charge in [0.15, 0.2) is 0 Å². The molecule has 0 bridgehead atoms. The number of anilines is 4. The van der Waals surface area contributed by atoms with Crippen LogP contribution in [0.25, 0.3) is 0 Å². The standard InChI is InChI=1S/C21H21N5O2/c1-3-15-7-4-5-10-18(15)26-20-12-19(22-13-23-20)21(28)25-17-9-6-8-16(11-17)24-14(2)27/h4-13H,3H2,1-2H3,(H,24,27)(H,25,28)(H,22,23,26). The molecule has 2 amide bonds. The Balaban J connectivity index is 1.74. The summed E-state index contributed by atoms with van der Waals surface area (Å²) in [7, 11) is 0.